The fourth-order valence-corrected chi connectivity index (χ4v) is 3.66. The number of amides is 2. The fraction of sp³-hybridized carbons (Fsp3) is 0.647. The number of hydrogen-bond acceptors (Lipinski definition) is 6. The minimum Gasteiger partial charge on any atom is -0.481 e. The van der Waals surface area contributed by atoms with Gasteiger partial charge in [-0.05, 0) is 39.5 Å². The maximum atomic E-state index is 12.5. The lowest BCUT2D eigenvalue weighted by atomic mass is 10.0. The number of hydrogen-bond donors (Lipinski definition) is 3. The first-order chi connectivity index (χ1) is 11.7. The van der Waals surface area contributed by atoms with Crippen LogP contribution in [0.3, 0.4) is 0 Å². The largest absolute Gasteiger partial charge is 0.481 e. The Morgan fingerprint density at radius 1 is 1.36 bits per heavy atom. The van der Waals surface area contributed by atoms with Gasteiger partial charge >= 0.3 is 6.09 Å². The third-order valence-electron chi connectivity index (χ3n) is 4.06. The number of nitrogens with one attached hydrogen (secondary N) is 2. The molecule has 1 aliphatic carbocycles. The zero-order valence-electron chi connectivity index (χ0n) is 14.8. The molecule has 0 aromatic carbocycles. The lowest BCUT2D eigenvalue weighted by molar-refractivity contribution is 0.0483. The summed E-state index contributed by atoms with van der Waals surface area (Å²) in [5.74, 6) is 0.431. The molecule has 1 saturated carbocycles. The Bertz CT molecular complexity index is 676. The lowest BCUT2D eigenvalue weighted by Crippen LogP contribution is -2.45. The van der Waals surface area contributed by atoms with Gasteiger partial charge in [0.25, 0.3) is 5.91 Å². The van der Waals surface area contributed by atoms with Gasteiger partial charge in [0.2, 0.25) is 0 Å². The van der Waals surface area contributed by atoms with Crippen LogP contribution in [-0.2, 0) is 11.2 Å². The zero-order valence-corrected chi connectivity index (χ0v) is 15.6. The highest BCUT2D eigenvalue weighted by Crippen LogP contribution is 2.40. The first kappa shape index (κ1) is 17.8. The second-order valence-electron chi connectivity index (χ2n) is 7.62. The average Bonchev–Trinajstić information content (AvgIpc) is 3.24. The molecule has 2 amide bonds. The quantitative estimate of drug-likeness (QED) is 0.758. The molecule has 1 aliphatic heterocycles. The molecule has 0 saturated heterocycles. The van der Waals surface area contributed by atoms with Gasteiger partial charge in [0.05, 0.1) is 11.6 Å². The van der Waals surface area contributed by atoms with Crippen LogP contribution in [0.4, 0.5) is 9.80 Å². The molecule has 8 heteroatoms. The first-order valence-electron chi connectivity index (χ1n) is 8.54. The van der Waals surface area contributed by atoms with Gasteiger partial charge in [-0.25, -0.2) is 4.79 Å². The number of ether oxygens (including phenoxy) is 2. The lowest BCUT2D eigenvalue weighted by Gasteiger charge is -2.26. The summed E-state index contributed by atoms with van der Waals surface area (Å²) >= 11 is 1.28. The van der Waals surface area contributed by atoms with E-state index in [4.69, 9.17) is 15.2 Å². The van der Waals surface area contributed by atoms with Crippen LogP contribution in [0, 0.1) is 5.92 Å². The summed E-state index contributed by atoms with van der Waals surface area (Å²) in [4.78, 5) is 24.5. The highest BCUT2D eigenvalue weighted by molar-refractivity contribution is 7.18. The second-order valence-corrected chi connectivity index (χ2v) is 8.63. The molecule has 7 nitrogen and oxygen atoms in total. The highest BCUT2D eigenvalue weighted by atomic mass is 32.1. The van der Waals surface area contributed by atoms with Crippen LogP contribution < -0.4 is 21.1 Å². The van der Waals surface area contributed by atoms with Gasteiger partial charge in [-0.15, -0.1) is 0 Å². The highest BCUT2D eigenvalue weighted by Gasteiger charge is 2.32. The van der Waals surface area contributed by atoms with Gasteiger partial charge < -0.3 is 25.8 Å². The van der Waals surface area contributed by atoms with Crippen LogP contribution >= 0.6 is 11.3 Å². The van der Waals surface area contributed by atoms with Crippen molar-refractivity contribution in [3.63, 3.8) is 0 Å². The van der Waals surface area contributed by atoms with Crippen molar-refractivity contribution in [3.8, 4) is 5.06 Å². The van der Waals surface area contributed by atoms with E-state index < -0.39 is 11.7 Å². The predicted molar refractivity (Wildman–Crippen MR) is 96.1 cm³/mol. The monoisotopic (exact) mass is 367 g/mol. The van der Waals surface area contributed by atoms with E-state index in [-0.39, 0.29) is 11.9 Å². The van der Waals surface area contributed by atoms with E-state index in [0.29, 0.717) is 41.1 Å². The summed E-state index contributed by atoms with van der Waals surface area (Å²) in [6, 6.07) is -0.258. The Morgan fingerprint density at radius 2 is 2.08 bits per heavy atom. The number of nitrogens with two attached hydrogens (primary N) is 1. The molecule has 0 bridgehead atoms. The van der Waals surface area contributed by atoms with Crippen LogP contribution in [0.1, 0.15) is 49.5 Å². The van der Waals surface area contributed by atoms with Gasteiger partial charge in [0.15, 0.2) is 5.06 Å². The summed E-state index contributed by atoms with van der Waals surface area (Å²) in [5, 5.41) is 6.86. The number of thiophene rings is 1. The van der Waals surface area contributed by atoms with Gasteiger partial charge in [-0.3, -0.25) is 4.79 Å². The average molecular weight is 367 g/mol. The van der Waals surface area contributed by atoms with Crippen molar-refractivity contribution in [2.24, 2.45) is 5.92 Å². The SMILES string of the molecule is CC(C)(C)OC(=O)NC1COc2sc(N)c(C(=O)NCC3CC3)c2C1. The summed E-state index contributed by atoms with van der Waals surface area (Å²) in [6.45, 7) is 6.44. The molecule has 1 unspecified atom stereocenters. The maximum absolute atomic E-state index is 12.5. The Balaban J connectivity index is 1.66. The first-order valence-corrected chi connectivity index (χ1v) is 9.36. The van der Waals surface area contributed by atoms with Crippen molar-refractivity contribution in [1.29, 1.82) is 0 Å². The molecule has 2 heterocycles. The predicted octanol–water partition coefficient (Wildman–Crippen LogP) is 2.30. The van der Waals surface area contributed by atoms with Crippen molar-refractivity contribution in [2.45, 2.75) is 51.7 Å². The van der Waals surface area contributed by atoms with E-state index in [1.807, 2.05) is 20.8 Å². The molecular weight excluding hydrogens is 342 g/mol. The second kappa shape index (κ2) is 6.74. The molecular formula is C17H25N3O4S. The normalized spacial score (nSPS) is 19.6. The van der Waals surface area contributed by atoms with Crippen molar-refractivity contribution >= 4 is 28.3 Å². The summed E-state index contributed by atoms with van der Waals surface area (Å²) in [6.07, 6.45) is 2.34. The molecule has 1 fully saturated rings. The van der Waals surface area contributed by atoms with Crippen molar-refractivity contribution in [2.75, 3.05) is 18.9 Å². The number of anilines is 1. The van der Waals surface area contributed by atoms with Crippen LogP contribution in [0.15, 0.2) is 0 Å². The maximum Gasteiger partial charge on any atom is 0.408 e. The van der Waals surface area contributed by atoms with Gasteiger partial charge in [0, 0.05) is 18.5 Å². The third-order valence-corrected chi connectivity index (χ3v) is 5.03. The van der Waals surface area contributed by atoms with Crippen LogP contribution in [0.2, 0.25) is 0 Å². The Labute approximate surface area is 151 Å². The number of nitrogen functional groups attached to an aromatic ring is 1. The molecule has 4 N–H and O–H groups in total. The standard InChI is InChI=1S/C17H25N3O4S/c1-17(2,3)24-16(22)20-10-6-11-12(13(18)25-15(11)23-8-10)14(21)19-7-9-4-5-9/h9-10H,4-8,18H2,1-3H3,(H,19,21)(H,20,22). The van der Waals surface area contributed by atoms with Gasteiger partial charge in [-0.2, -0.15) is 0 Å². The molecule has 3 rings (SSSR count). The topological polar surface area (TPSA) is 103 Å². The number of carbonyl (C=O) groups is 2. The van der Waals surface area contributed by atoms with E-state index in [9.17, 15) is 9.59 Å². The van der Waals surface area contributed by atoms with Crippen LogP contribution in [0.5, 0.6) is 5.06 Å². The third kappa shape index (κ3) is 4.56. The number of fused-ring (bicyclic) bond motifs is 1. The fourth-order valence-electron chi connectivity index (χ4n) is 2.71. The molecule has 2 aliphatic rings. The van der Waals surface area contributed by atoms with Crippen LogP contribution in [-0.4, -0.2) is 36.8 Å². The molecule has 0 spiro atoms. The van der Waals surface area contributed by atoms with Crippen LogP contribution in [0.25, 0.3) is 0 Å². The Kier molecular flexibility index (Phi) is 4.81. The van der Waals surface area contributed by atoms with Gasteiger partial charge in [0.1, 0.15) is 17.2 Å². The molecule has 1 aromatic rings. The molecule has 0 radical (unpaired) electrons. The van der Waals surface area contributed by atoms with E-state index in [1.165, 1.54) is 24.2 Å². The molecule has 1 aromatic heterocycles. The summed E-state index contributed by atoms with van der Waals surface area (Å²) in [5.41, 5.74) is 6.73. The zero-order chi connectivity index (χ0) is 18.2. The van der Waals surface area contributed by atoms with E-state index in [2.05, 4.69) is 10.6 Å². The molecule has 1 atom stereocenters. The van der Waals surface area contributed by atoms with E-state index in [1.54, 1.807) is 0 Å². The summed E-state index contributed by atoms with van der Waals surface area (Å²) < 4.78 is 11.0. The smallest absolute Gasteiger partial charge is 0.408 e. The van der Waals surface area contributed by atoms with E-state index in [0.717, 1.165) is 5.56 Å². The van der Waals surface area contributed by atoms with Gasteiger partial charge in [-0.1, -0.05) is 11.3 Å². The van der Waals surface area contributed by atoms with Crippen molar-refractivity contribution < 1.29 is 19.1 Å². The van der Waals surface area contributed by atoms with Crippen molar-refractivity contribution in [1.82, 2.24) is 10.6 Å². The summed E-state index contributed by atoms with van der Waals surface area (Å²) in [7, 11) is 0. The minimum absolute atomic E-state index is 0.164. The number of carbonyl (C=O) groups excluding carboxylic acids is 2. The van der Waals surface area contributed by atoms with E-state index >= 15 is 0 Å². The minimum atomic E-state index is -0.564. The molecule has 25 heavy (non-hydrogen) atoms. The van der Waals surface area contributed by atoms with Crippen molar-refractivity contribution in [3.05, 3.63) is 11.1 Å². The Morgan fingerprint density at radius 3 is 2.72 bits per heavy atom. The number of rotatable bonds is 4. The molecule has 138 valence electrons. The number of alkyl carbamates (subject to hydrolysis) is 1. The Hall–Kier alpha value is -1.96.